The molecule has 0 spiro atoms. The van der Waals surface area contributed by atoms with Crippen LogP contribution in [0, 0.1) is 0 Å². The number of ether oxygens (including phenoxy) is 1. The van der Waals surface area contributed by atoms with E-state index in [1.807, 2.05) is 18.0 Å². The Morgan fingerprint density at radius 3 is 3.16 bits per heavy atom. The molecule has 5 heteroatoms. The molecule has 1 aromatic rings. The summed E-state index contributed by atoms with van der Waals surface area (Å²) in [6.07, 6.45) is 3.78. The maximum Gasteiger partial charge on any atom is 0.256 e. The van der Waals surface area contributed by atoms with Crippen LogP contribution < -0.4 is 4.74 Å². The van der Waals surface area contributed by atoms with Gasteiger partial charge in [0.1, 0.15) is 0 Å². The zero-order valence-electron chi connectivity index (χ0n) is 10.8. The van der Waals surface area contributed by atoms with Crippen LogP contribution in [0.25, 0.3) is 0 Å². The summed E-state index contributed by atoms with van der Waals surface area (Å²) in [6.45, 7) is 3.05. The Morgan fingerprint density at radius 1 is 1.53 bits per heavy atom. The third-order valence-corrected chi connectivity index (χ3v) is 3.55. The lowest BCUT2D eigenvalue weighted by Crippen LogP contribution is -2.35. The topological polar surface area (TPSA) is 62.1 Å². The summed E-state index contributed by atoms with van der Waals surface area (Å²) in [5, 5.41) is 9.90. The molecule has 2 aliphatic heterocycles. The highest BCUT2D eigenvalue weighted by atomic mass is 16.5. The molecule has 0 bridgehead atoms. The SMILES string of the molecule is CCOc1cc2c(cc1O)C(=O)N1CCCC1C=N2. The van der Waals surface area contributed by atoms with Crippen molar-refractivity contribution < 1.29 is 14.6 Å². The van der Waals surface area contributed by atoms with E-state index in [1.165, 1.54) is 6.07 Å². The minimum absolute atomic E-state index is 0.0122. The Balaban J connectivity index is 2.07. The van der Waals surface area contributed by atoms with Crippen LogP contribution >= 0.6 is 0 Å². The standard InChI is InChI=1S/C14H16N2O3/c1-2-19-13-7-11-10(6-12(13)17)14(18)16-5-3-4-9(16)8-15-11/h6-9,17H,2-5H2,1H3. The van der Waals surface area contributed by atoms with E-state index in [0.717, 1.165) is 19.4 Å². The Bertz CT molecular complexity index is 554. The van der Waals surface area contributed by atoms with Crippen LogP contribution in [-0.2, 0) is 0 Å². The van der Waals surface area contributed by atoms with E-state index in [2.05, 4.69) is 4.99 Å². The van der Waals surface area contributed by atoms with Crippen LogP contribution in [0.5, 0.6) is 11.5 Å². The van der Waals surface area contributed by atoms with Gasteiger partial charge in [-0.25, -0.2) is 0 Å². The number of fused-ring (bicyclic) bond motifs is 2. The van der Waals surface area contributed by atoms with Crippen molar-refractivity contribution in [3.8, 4) is 11.5 Å². The Labute approximate surface area is 111 Å². The van der Waals surface area contributed by atoms with E-state index in [1.54, 1.807) is 6.07 Å². The van der Waals surface area contributed by atoms with Gasteiger partial charge in [-0.05, 0) is 25.8 Å². The number of aromatic hydroxyl groups is 1. The number of carbonyl (C=O) groups is 1. The van der Waals surface area contributed by atoms with Crippen LogP contribution in [0.4, 0.5) is 5.69 Å². The normalized spacial score (nSPS) is 21.0. The van der Waals surface area contributed by atoms with Crippen LogP contribution in [0.2, 0.25) is 0 Å². The van der Waals surface area contributed by atoms with Gasteiger partial charge in [-0.1, -0.05) is 0 Å². The van der Waals surface area contributed by atoms with Gasteiger partial charge in [-0.3, -0.25) is 9.79 Å². The molecule has 100 valence electrons. The third-order valence-electron chi connectivity index (χ3n) is 3.55. The van der Waals surface area contributed by atoms with Crippen molar-refractivity contribution in [3.05, 3.63) is 17.7 Å². The second-order valence-electron chi connectivity index (χ2n) is 4.76. The number of benzene rings is 1. The lowest BCUT2D eigenvalue weighted by Gasteiger charge is -2.20. The number of hydrogen-bond donors (Lipinski definition) is 1. The quantitative estimate of drug-likeness (QED) is 0.885. The molecule has 1 aromatic carbocycles. The summed E-state index contributed by atoms with van der Waals surface area (Å²) in [5.41, 5.74) is 1.02. The zero-order valence-corrected chi connectivity index (χ0v) is 10.8. The first kappa shape index (κ1) is 12.0. The van der Waals surface area contributed by atoms with Gasteiger partial charge < -0.3 is 14.7 Å². The summed E-state index contributed by atoms with van der Waals surface area (Å²) in [4.78, 5) is 18.6. The van der Waals surface area contributed by atoms with Crippen molar-refractivity contribution in [2.75, 3.05) is 13.2 Å². The van der Waals surface area contributed by atoms with Gasteiger partial charge in [-0.2, -0.15) is 0 Å². The van der Waals surface area contributed by atoms with E-state index in [9.17, 15) is 9.90 Å². The second-order valence-corrected chi connectivity index (χ2v) is 4.76. The molecule has 0 saturated carbocycles. The highest BCUT2D eigenvalue weighted by Gasteiger charge is 2.32. The first-order chi connectivity index (χ1) is 9.20. The van der Waals surface area contributed by atoms with E-state index < -0.39 is 0 Å². The van der Waals surface area contributed by atoms with Crippen LogP contribution in [0.3, 0.4) is 0 Å². The van der Waals surface area contributed by atoms with Gasteiger partial charge in [-0.15, -0.1) is 0 Å². The van der Waals surface area contributed by atoms with E-state index >= 15 is 0 Å². The minimum atomic E-state index is -0.0617. The maximum absolute atomic E-state index is 12.4. The van der Waals surface area contributed by atoms with E-state index in [4.69, 9.17) is 4.74 Å². The monoisotopic (exact) mass is 260 g/mol. The Kier molecular flexibility index (Phi) is 2.89. The van der Waals surface area contributed by atoms with Crippen molar-refractivity contribution in [1.82, 2.24) is 4.90 Å². The largest absolute Gasteiger partial charge is 0.504 e. The summed E-state index contributed by atoms with van der Waals surface area (Å²) < 4.78 is 5.32. The number of carbonyl (C=O) groups excluding carboxylic acids is 1. The molecule has 0 radical (unpaired) electrons. The lowest BCUT2D eigenvalue weighted by molar-refractivity contribution is 0.0774. The van der Waals surface area contributed by atoms with Crippen molar-refractivity contribution in [3.63, 3.8) is 0 Å². The Hall–Kier alpha value is -2.04. The second kappa shape index (κ2) is 4.57. The van der Waals surface area contributed by atoms with Crippen molar-refractivity contribution in [1.29, 1.82) is 0 Å². The van der Waals surface area contributed by atoms with Gasteiger partial charge in [0.05, 0.1) is 23.9 Å². The van der Waals surface area contributed by atoms with Gasteiger partial charge in [0.2, 0.25) is 0 Å². The molecule has 2 aliphatic rings. The predicted molar refractivity (Wildman–Crippen MR) is 71.5 cm³/mol. The molecule has 0 aliphatic carbocycles. The average molecular weight is 260 g/mol. The van der Waals surface area contributed by atoms with Gasteiger partial charge >= 0.3 is 0 Å². The fourth-order valence-electron chi connectivity index (χ4n) is 2.63. The zero-order chi connectivity index (χ0) is 13.4. The summed E-state index contributed by atoms with van der Waals surface area (Å²) in [6, 6.07) is 3.17. The molecule has 1 amide bonds. The predicted octanol–water partition coefficient (Wildman–Crippen LogP) is 2.11. The molecule has 1 N–H and O–H groups in total. The molecular weight excluding hydrogens is 244 g/mol. The summed E-state index contributed by atoms with van der Waals surface area (Å²) in [7, 11) is 0. The molecule has 1 unspecified atom stereocenters. The minimum Gasteiger partial charge on any atom is -0.504 e. The number of aliphatic imine (C=N–C) groups is 1. The Morgan fingerprint density at radius 2 is 2.37 bits per heavy atom. The van der Waals surface area contributed by atoms with E-state index in [-0.39, 0.29) is 17.7 Å². The smallest absolute Gasteiger partial charge is 0.256 e. The molecule has 1 saturated heterocycles. The number of rotatable bonds is 2. The first-order valence-corrected chi connectivity index (χ1v) is 6.55. The van der Waals surface area contributed by atoms with Crippen LogP contribution in [0.15, 0.2) is 17.1 Å². The number of phenolic OH excluding ortho intramolecular Hbond substituents is 1. The average Bonchev–Trinajstić information content (AvgIpc) is 2.82. The van der Waals surface area contributed by atoms with Crippen LogP contribution in [0.1, 0.15) is 30.1 Å². The van der Waals surface area contributed by atoms with Gasteiger partial charge in [0.15, 0.2) is 11.5 Å². The fraction of sp³-hybridized carbons (Fsp3) is 0.429. The number of nitrogens with zero attached hydrogens (tertiary/aromatic N) is 2. The maximum atomic E-state index is 12.4. The molecule has 2 heterocycles. The summed E-state index contributed by atoms with van der Waals surface area (Å²) >= 11 is 0. The molecular formula is C14H16N2O3. The number of phenols is 1. The molecule has 1 fully saturated rings. The van der Waals surface area contributed by atoms with Crippen molar-refractivity contribution in [2.45, 2.75) is 25.8 Å². The number of hydrogen-bond acceptors (Lipinski definition) is 4. The molecule has 1 atom stereocenters. The molecule has 0 aromatic heterocycles. The fourth-order valence-corrected chi connectivity index (χ4v) is 2.63. The van der Waals surface area contributed by atoms with E-state index in [0.29, 0.717) is 23.6 Å². The third kappa shape index (κ3) is 1.95. The molecule has 3 rings (SSSR count). The van der Waals surface area contributed by atoms with Gasteiger partial charge in [0.25, 0.3) is 5.91 Å². The molecule has 5 nitrogen and oxygen atoms in total. The highest BCUT2D eigenvalue weighted by Crippen LogP contribution is 2.37. The first-order valence-electron chi connectivity index (χ1n) is 6.55. The summed E-state index contributed by atoms with van der Waals surface area (Å²) in [5.74, 6) is 0.295. The van der Waals surface area contributed by atoms with Crippen molar-refractivity contribution >= 4 is 17.8 Å². The van der Waals surface area contributed by atoms with Gasteiger partial charge in [0, 0.05) is 18.8 Å². The van der Waals surface area contributed by atoms with Crippen molar-refractivity contribution in [2.24, 2.45) is 4.99 Å². The van der Waals surface area contributed by atoms with Crippen LogP contribution in [-0.4, -0.2) is 41.3 Å². The lowest BCUT2D eigenvalue weighted by atomic mass is 10.1. The highest BCUT2D eigenvalue weighted by molar-refractivity contribution is 6.03. The molecule has 19 heavy (non-hydrogen) atoms. The number of amides is 1.